The van der Waals surface area contributed by atoms with E-state index in [2.05, 4.69) is 10.3 Å². The molecule has 0 amide bonds. The zero-order valence-corrected chi connectivity index (χ0v) is 13.9. The van der Waals surface area contributed by atoms with Crippen molar-refractivity contribution in [3.63, 3.8) is 0 Å². The first-order chi connectivity index (χ1) is 11.9. The third-order valence-electron chi connectivity index (χ3n) is 4.16. The monoisotopic (exact) mass is 351 g/mol. The molecule has 7 heteroatoms. The van der Waals surface area contributed by atoms with E-state index in [9.17, 15) is 13.2 Å². The molecule has 0 radical (unpaired) electrons. The first-order valence-corrected chi connectivity index (χ1v) is 8.17. The van der Waals surface area contributed by atoms with Crippen LogP contribution in [0.2, 0.25) is 0 Å². The number of ether oxygens (including phenoxy) is 1. The lowest BCUT2D eigenvalue weighted by molar-refractivity contribution is -0.139. The maximum Gasteiger partial charge on any atom is 0.421 e. The standard InChI is InChI=1S/C18H20F3N3O/c1-13-11-22-9-10-24(13)16-8-7-15(18(19,20)21)17(23-16)25-12-14-5-3-2-4-6-14/h2-8,13,22H,9-12H2,1H3/t13-/m1/s1. The van der Waals surface area contributed by atoms with E-state index in [1.807, 2.05) is 30.0 Å². The van der Waals surface area contributed by atoms with Crippen molar-refractivity contribution in [3.05, 3.63) is 53.6 Å². The second kappa shape index (κ2) is 7.31. The van der Waals surface area contributed by atoms with Crippen molar-refractivity contribution in [3.8, 4) is 5.88 Å². The number of aromatic nitrogens is 1. The van der Waals surface area contributed by atoms with Gasteiger partial charge in [0, 0.05) is 25.7 Å². The quantitative estimate of drug-likeness (QED) is 0.915. The number of benzene rings is 1. The van der Waals surface area contributed by atoms with E-state index >= 15 is 0 Å². The Balaban J connectivity index is 1.87. The lowest BCUT2D eigenvalue weighted by Gasteiger charge is -2.35. The summed E-state index contributed by atoms with van der Waals surface area (Å²) in [5.41, 5.74) is -0.0617. The summed E-state index contributed by atoms with van der Waals surface area (Å²) >= 11 is 0. The largest absolute Gasteiger partial charge is 0.472 e. The van der Waals surface area contributed by atoms with Crippen LogP contribution in [0.4, 0.5) is 19.0 Å². The molecular weight excluding hydrogens is 331 g/mol. The summed E-state index contributed by atoms with van der Waals surface area (Å²) in [7, 11) is 0. The summed E-state index contributed by atoms with van der Waals surface area (Å²) in [6.07, 6.45) is -4.51. The van der Waals surface area contributed by atoms with Crippen LogP contribution in [-0.2, 0) is 12.8 Å². The van der Waals surface area contributed by atoms with Crippen LogP contribution in [0.5, 0.6) is 5.88 Å². The highest BCUT2D eigenvalue weighted by atomic mass is 19.4. The lowest BCUT2D eigenvalue weighted by Crippen LogP contribution is -2.50. The van der Waals surface area contributed by atoms with Crippen LogP contribution in [-0.4, -0.2) is 30.7 Å². The Hall–Kier alpha value is -2.28. The summed E-state index contributed by atoms with van der Waals surface area (Å²) in [6, 6.07) is 11.7. The molecule has 1 N–H and O–H groups in total. The maximum atomic E-state index is 13.3. The van der Waals surface area contributed by atoms with Gasteiger partial charge in [0.2, 0.25) is 5.88 Å². The van der Waals surface area contributed by atoms with Crippen molar-refractivity contribution in [2.75, 3.05) is 24.5 Å². The van der Waals surface area contributed by atoms with Gasteiger partial charge in [-0.25, -0.2) is 0 Å². The SMILES string of the molecule is C[C@@H]1CNCCN1c1ccc(C(F)(F)F)c(OCc2ccccc2)n1. The minimum Gasteiger partial charge on any atom is -0.472 e. The summed E-state index contributed by atoms with van der Waals surface area (Å²) < 4.78 is 45.3. The van der Waals surface area contributed by atoms with Gasteiger partial charge >= 0.3 is 6.18 Å². The number of nitrogens with zero attached hydrogens (tertiary/aromatic N) is 2. The molecule has 134 valence electrons. The van der Waals surface area contributed by atoms with Crippen LogP contribution < -0.4 is 15.0 Å². The van der Waals surface area contributed by atoms with Crippen LogP contribution >= 0.6 is 0 Å². The fourth-order valence-electron chi connectivity index (χ4n) is 2.82. The average Bonchev–Trinajstić information content (AvgIpc) is 2.60. The second-order valence-corrected chi connectivity index (χ2v) is 6.04. The highest BCUT2D eigenvalue weighted by Gasteiger charge is 2.36. The van der Waals surface area contributed by atoms with Crippen molar-refractivity contribution in [1.82, 2.24) is 10.3 Å². The zero-order chi connectivity index (χ0) is 17.9. The molecular formula is C18H20F3N3O. The molecule has 1 aromatic heterocycles. The van der Waals surface area contributed by atoms with Crippen LogP contribution in [0.25, 0.3) is 0 Å². The predicted octanol–water partition coefficient (Wildman–Crippen LogP) is 3.48. The summed E-state index contributed by atoms with van der Waals surface area (Å²) in [5, 5.41) is 3.25. The molecule has 0 saturated carbocycles. The molecule has 0 aliphatic carbocycles. The van der Waals surface area contributed by atoms with Gasteiger partial charge in [-0.05, 0) is 24.6 Å². The van der Waals surface area contributed by atoms with Gasteiger partial charge in [-0.1, -0.05) is 30.3 Å². The Bertz CT molecular complexity index is 706. The van der Waals surface area contributed by atoms with E-state index < -0.39 is 11.7 Å². The van der Waals surface area contributed by atoms with Gasteiger partial charge in [0.15, 0.2) is 0 Å². The number of pyridine rings is 1. The van der Waals surface area contributed by atoms with Crippen molar-refractivity contribution in [1.29, 1.82) is 0 Å². The van der Waals surface area contributed by atoms with E-state index in [4.69, 9.17) is 4.74 Å². The molecule has 0 bridgehead atoms. The van der Waals surface area contributed by atoms with Gasteiger partial charge in [0.05, 0.1) is 0 Å². The highest BCUT2D eigenvalue weighted by molar-refractivity contribution is 5.46. The van der Waals surface area contributed by atoms with Gasteiger partial charge in [0.1, 0.15) is 18.0 Å². The van der Waals surface area contributed by atoms with E-state index in [0.717, 1.165) is 24.7 Å². The topological polar surface area (TPSA) is 37.4 Å². The van der Waals surface area contributed by atoms with Crippen LogP contribution in [0, 0.1) is 0 Å². The van der Waals surface area contributed by atoms with Crippen molar-refractivity contribution in [2.45, 2.75) is 25.7 Å². The molecule has 2 aromatic rings. The number of hydrogen-bond donors (Lipinski definition) is 1. The normalized spacial score (nSPS) is 18.2. The van der Waals surface area contributed by atoms with Gasteiger partial charge < -0.3 is 15.0 Å². The molecule has 2 heterocycles. The maximum absolute atomic E-state index is 13.3. The molecule has 1 aromatic carbocycles. The van der Waals surface area contributed by atoms with E-state index in [1.54, 1.807) is 12.1 Å². The minimum absolute atomic E-state index is 0.0392. The fraction of sp³-hybridized carbons (Fsp3) is 0.389. The molecule has 3 rings (SSSR count). The molecule has 1 fully saturated rings. The van der Waals surface area contributed by atoms with Gasteiger partial charge in [-0.2, -0.15) is 18.2 Å². The molecule has 0 unspecified atom stereocenters. The Kier molecular flexibility index (Phi) is 5.13. The Morgan fingerprint density at radius 1 is 1.20 bits per heavy atom. The van der Waals surface area contributed by atoms with Crippen LogP contribution in [0.3, 0.4) is 0 Å². The van der Waals surface area contributed by atoms with Crippen LogP contribution in [0.15, 0.2) is 42.5 Å². The molecule has 4 nitrogen and oxygen atoms in total. The summed E-state index contributed by atoms with van der Waals surface area (Å²) in [4.78, 5) is 6.18. The molecule has 1 atom stereocenters. The van der Waals surface area contributed by atoms with E-state index in [0.29, 0.717) is 12.4 Å². The van der Waals surface area contributed by atoms with E-state index in [1.165, 1.54) is 6.07 Å². The second-order valence-electron chi connectivity index (χ2n) is 6.04. The summed E-state index contributed by atoms with van der Waals surface area (Å²) in [5.74, 6) is 0.129. The molecule has 25 heavy (non-hydrogen) atoms. The predicted molar refractivity (Wildman–Crippen MR) is 89.7 cm³/mol. The number of alkyl halides is 3. The van der Waals surface area contributed by atoms with Gasteiger partial charge in [-0.15, -0.1) is 0 Å². The van der Waals surface area contributed by atoms with Crippen LogP contribution in [0.1, 0.15) is 18.1 Å². The molecule has 0 spiro atoms. The van der Waals surface area contributed by atoms with Gasteiger partial charge in [-0.3, -0.25) is 0 Å². The third-order valence-corrected chi connectivity index (χ3v) is 4.16. The van der Waals surface area contributed by atoms with E-state index in [-0.39, 0.29) is 18.5 Å². The molecule has 1 saturated heterocycles. The Morgan fingerprint density at radius 3 is 2.64 bits per heavy atom. The number of rotatable bonds is 4. The van der Waals surface area contributed by atoms with Crippen molar-refractivity contribution in [2.24, 2.45) is 0 Å². The lowest BCUT2D eigenvalue weighted by atomic mass is 10.2. The molecule has 1 aliphatic heterocycles. The fourth-order valence-corrected chi connectivity index (χ4v) is 2.82. The number of piperazine rings is 1. The summed E-state index contributed by atoms with van der Waals surface area (Å²) in [6.45, 7) is 4.28. The smallest absolute Gasteiger partial charge is 0.421 e. The number of anilines is 1. The average molecular weight is 351 g/mol. The van der Waals surface area contributed by atoms with Crippen molar-refractivity contribution >= 4 is 5.82 Å². The number of halogens is 3. The highest BCUT2D eigenvalue weighted by Crippen LogP contribution is 2.37. The number of hydrogen-bond acceptors (Lipinski definition) is 4. The van der Waals surface area contributed by atoms with Gasteiger partial charge in [0.25, 0.3) is 0 Å². The Morgan fingerprint density at radius 2 is 1.96 bits per heavy atom. The van der Waals surface area contributed by atoms with Crippen molar-refractivity contribution < 1.29 is 17.9 Å². The zero-order valence-electron chi connectivity index (χ0n) is 13.9. The molecule has 1 aliphatic rings. The Labute approximate surface area is 144 Å². The first kappa shape index (κ1) is 17.5. The minimum atomic E-state index is -4.51. The third kappa shape index (κ3) is 4.22. The number of nitrogens with one attached hydrogen (secondary N) is 1. The first-order valence-electron chi connectivity index (χ1n) is 8.17.